The lowest BCUT2D eigenvalue weighted by molar-refractivity contribution is 0.254. The Kier molecular flexibility index (Phi) is 4.13. The van der Waals surface area contributed by atoms with Crippen molar-refractivity contribution >= 4 is 11.6 Å². The molecule has 0 spiro atoms. The average Bonchev–Trinajstić information content (AvgIpc) is 2.50. The summed E-state index contributed by atoms with van der Waals surface area (Å²) < 4.78 is 19.6. The lowest BCUT2D eigenvalue weighted by Crippen LogP contribution is -2.34. The third-order valence-corrected chi connectivity index (χ3v) is 4.38. The fourth-order valence-electron chi connectivity index (χ4n) is 2.92. The monoisotopic (exact) mass is 305 g/mol. The van der Waals surface area contributed by atoms with Crippen LogP contribution >= 0.6 is 11.6 Å². The van der Waals surface area contributed by atoms with Crippen LogP contribution in [0.5, 0.6) is 5.75 Å². The van der Waals surface area contributed by atoms with Gasteiger partial charge >= 0.3 is 0 Å². The van der Waals surface area contributed by atoms with Crippen molar-refractivity contribution in [2.75, 3.05) is 6.61 Å². The molecule has 1 heterocycles. The van der Waals surface area contributed by atoms with Crippen LogP contribution in [0, 0.1) is 5.82 Å². The smallest absolute Gasteiger partial charge is 0.127 e. The number of hydrogen-bond acceptors (Lipinski definition) is 2. The van der Waals surface area contributed by atoms with Crippen LogP contribution in [-0.4, -0.2) is 12.6 Å². The van der Waals surface area contributed by atoms with E-state index in [0.29, 0.717) is 23.6 Å². The fraction of sp³-hybridized carbons (Fsp3) is 0.294. The first-order chi connectivity index (χ1) is 10.2. The molecular formula is C17H17ClFNO. The maximum absolute atomic E-state index is 13.9. The summed E-state index contributed by atoms with van der Waals surface area (Å²) in [4.78, 5) is 0. The van der Waals surface area contributed by atoms with Gasteiger partial charge in [0.05, 0.1) is 6.61 Å². The topological polar surface area (TPSA) is 35.2 Å². The summed E-state index contributed by atoms with van der Waals surface area (Å²) in [5.74, 6) is 0.743. The Hall–Kier alpha value is -1.58. The molecule has 0 saturated carbocycles. The Bertz CT molecular complexity index is 626. The molecule has 2 atom stereocenters. The van der Waals surface area contributed by atoms with Crippen molar-refractivity contribution < 1.29 is 9.13 Å². The van der Waals surface area contributed by atoms with E-state index in [1.54, 1.807) is 12.1 Å². The van der Waals surface area contributed by atoms with Gasteiger partial charge in [-0.05, 0) is 36.6 Å². The Morgan fingerprint density at radius 1 is 1.24 bits per heavy atom. The molecule has 21 heavy (non-hydrogen) atoms. The third-order valence-electron chi connectivity index (χ3n) is 4.02. The number of halogens is 2. The van der Waals surface area contributed by atoms with Crippen LogP contribution in [-0.2, 0) is 6.42 Å². The molecule has 1 aliphatic rings. The highest BCUT2D eigenvalue weighted by Crippen LogP contribution is 2.36. The SMILES string of the molecule is NC(Cc1c(F)cccc1Cl)C1CCOc2ccccc21. The van der Waals surface area contributed by atoms with E-state index in [-0.39, 0.29) is 17.8 Å². The maximum Gasteiger partial charge on any atom is 0.127 e. The van der Waals surface area contributed by atoms with Crippen molar-refractivity contribution in [1.29, 1.82) is 0 Å². The van der Waals surface area contributed by atoms with Crippen LogP contribution in [0.15, 0.2) is 42.5 Å². The standard InChI is InChI=1S/C17H17ClFNO/c18-14-5-3-6-15(19)13(14)10-16(20)11-8-9-21-17-7-2-1-4-12(11)17/h1-7,11,16H,8-10,20H2. The van der Waals surface area contributed by atoms with Gasteiger partial charge in [0.15, 0.2) is 0 Å². The van der Waals surface area contributed by atoms with E-state index in [0.717, 1.165) is 17.7 Å². The van der Waals surface area contributed by atoms with Crippen LogP contribution in [0.4, 0.5) is 4.39 Å². The molecule has 4 heteroatoms. The second-order valence-electron chi connectivity index (χ2n) is 5.35. The number of rotatable bonds is 3. The number of nitrogens with two attached hydrogens (primary N) is 1. The molecule has 0 fully saturated rings. The molecule has 0 aromatic heterocycles. The highest BCUT2D eigenvalue weighted by Gasteiger charge is 2.27. The predicted octanol–water partition coefficient (Wildman–Crippen LogP) is 3.92. The van der Waals surface area contributed by atoms with E-state index in [1.165, 1.54) is 6.07 Å². The molecule has 2 nitrogen and oxygen atoms in total. The molecule has 2 unspecified atom stereocenters. The Morgan fingerprint density at radius 3 is 2.86 bits per heavy atom. The van der Waals surface area contributed by atoms with Crippen molar-refractivity contribution in [3.05, 3.63) is 64.4 Å². The number of hydrogen-bond donors (Lipinski definition) is 1. The molecular weight excluding hydrogens is 289 g/mol. The van der Waals surface area contributed by atoms with E-state index < -0.39 is 0 Å². The van der Waals surface area contributed by atoms with E-state index in [1.807, 2.05) is 24.3 Å². The number of benzene rings is 2. The van der Waals surface area contributed by atoms with Gasteiger partial charge in [0, 0.05) is 22.5 Å². The van der Waals surface area contributed by atoms with Crippen LogP contribution in [0.2, 0.25) is 5.02 Å². The Labute approximate surface area is 128 Å². The molecule has 0 saturated heterocycles. The van der Waals surface area contributed by atoms with Gasteiger partial charge in [0.2, 0.25) is 0 Å². The summed E-state index contributed by atoms with van der Waals surface area (Å²) in [6.07, 6.45) is 1.26. The van der Waals surface area contributed by atoms with Gasteiger partial charge in [-0.1, -0.05) is 35.9 Å². The van der Waals surface area contributed by atoms with Crippen molar-refractivity contribution in [1.82, 2.24) is 0 Å². The first kappa shape index (κ1) is 14.4. The van der Waals surface area contributed by atoms with Gasteiger partial charge in [-0.3, -0.25) is 0 Å². The summed E-state index contributed by atoms with van der Waals surface area (Å²) in [5, 5.41) is 0.436. The molecule has 0 bridgehead atoms. The van der Waals surface area contributed by atoms with E-state index >= 15 is 0 Å². The predicted molar refractivity (Wildman–Crippen MR) is 82.4 cm³/mol. The first-order valence-corrected chi connectivity index (χ1v) is 7.45. The average molecular weight is 306 g/mol. The molecule has 0 aliphatic carbocycles. The van der Waals surface area contributed by atoms with Crippen LogP contribution in [0.3, 0.4) is 0 Å². The molecule has 110 valence electrons. The Balaban J connectivity index is 1.85. The molecule has 1 aliphatic heterocycles. The minimum atomic E-state index is -0.293. The quantitative estimate of drug-likeness (QED) is 0.933. The molecule has 0 radical (unpaired) electrons. The lowest BCUT2D eigenvalue weighted by atomic mass is 9.84. The zero-order valence-corrected chi connectivity index (χ0v) is 12.3. The van der Waals surface area contributed by atoms with Crippen LogP contribution in [0.1, 0.15) is 23.5 Å². The molecule has 0 amide bonds. The normalized spacial score (nSPS) is 18.7. The largest absolute Gasteiger partial charge is 0.493 e. The summed E-state index contributed by atoms with van der Waals surface area (Å²) in [7, 11) is 0. The molecule has 3 rings (SSSR count). The molecule has 2 aromatic carbocycles. The van der Waals surface area contributed by atoms with Gasteiger partial charge in [0.1, 0.15) is 11.6 Å². The van der Waals surface area contributed by atoms with Gasteiger partial charge in [-0.15, -0.1) is 0 Å². The fourth-order valence-corrected chi connectivity index (χ4v) is 3.16. The van der Waals surface area contributed by atoms with E-state index in [4.69, 9.17) is 22.1 Å². The second kappa shape index (κ2) is 6.04. The molecule has 2 aromatic rings. The summed E-state index contributed by atoms with van der Waals surface area (Å²) in [5.41, 5.74) is 7.95. The van der Waals surface area contributed by atoms with Gasteiger partial charge < -0.3 is 10.5 Å². The minimum absolute atomic E-state index is 0.158. The highest BCUT2D eigenvalue weighted by atomic mass is 35.5. The lowest BCUT2D eigenvalue weighted by Gasteiger charge is -2.30. The van der Waals surface area contributed by atoms with E-state index in [2.05, 4.69) is 0 Å². The number of para-hydroxylation sites is 1. The summed E-state index contributed by atoms with van der Waals surface area (Å²) in [6, 6.07) is 12.4. The number of ether oxygens (including phenoxy) is 1. The second-order valence-corrected chi connectivity index (χ2v) is 5.76. The van der Waals surface area contributed by atoms with Crippen molar-refractivity contribution in [2.24, 2.45) is 5.73 Å². The maximum atomic E-state index is 13.9. The van der Waals surface area contributed by atoms with Crippen LogP contribution in [0.25, 0.3) is 0 Å². The minimum Gasteiger partial charge on any atom is -0.493 e. The number of fused-ring (bicyclic) bond motifs is 1. The van der Waals surface area contributed by atoms with Gasteiger partial charge in [0.25, 0.3) is 0 Å². The Morgan fingerprint density at radius 2 is 2.05 bits per heavy atom. The van der Waals surface area contributed by atoms with Crippen molar-refractivity contribution in [2.45, 2.75) is 24.8 Å². The van der Waals surface area contributed by atoms with Crippen LogP contribution < -0.4 is 10.5 Å². The van der Waals surface area contributed by atoms with E-state index in [9.17, 15) is 4.39 Å². The summed E-state index contributed by atoms with van der Waals surface area (Å²) >= 11 is 6.09. The van der Waals surface area contributed by atoms with Crippen molar-refractivity contribution in [3.8, 4) is 5.75 Å². The van der Waals surface area contributed by atoms with Gasteiger partial charge in [-0.25, -0.2) is 4.39 Å². The molecule has 2 N–H and O–H groups in total. The zero-order chi connectivity index (χ0) is 14.8. The van der Waals surface area contributed by atoms with Gasteiger partial charge in [-0.2, -0.15) is 0 Å². The summed E-state index contributed by atoms with van der Waals surface area (Å²) in [6.45, 7) is 0.639. The zero-order valence-electron chi connectivity index (χ0n) is 11.6. The third kappa shape index (κ3) is 2.89. The van der Waals surface area contributed by atoms with Crippen molar-refractivity contribution in [3.63, 3.8) is 0 Å². The highest BCUT2D eigenvalue weighted by molar-refractivity contribution is 6.31. The first-order valence-electron chi connectivity index (χ1n) is 7.07.